The van der Waals surface area contributed by atoms with Crippen LogP contribution in [0.5, 0.6) is 17.2 Å². The highest BCUT2D eigenvalue weighted by molar-refractivity contribution is 5.86. The Balaban J connectivity index is 1.67. The molecule has 2 aromatic carbocycles. The molecule has 120 valence electrons. The van der Waals surface area contributed by atoms with Crippen LogP contribution in [0.15, 0.2) is 36.4 Å². The fraction of sp³-hybridized carbons (Fsp3) is 0.278. The van der Waals surface area contributed by atoms with Crippen LogP contribution in [-0.2, 0) is 12.8 Å². The third-order valence-corrected chi connectivity index (χ3v) is 3.91. The molecule has 0 aromatic heterocycles. The molecule has 0 heterocycles. The number of rotatable bonds is 4. The van der Waals surface area contributed by atoms with E-state index in [1.807, 2.05) is 18.2 Å². The normalized spacial score (nSPS) is 12.4. The average molecular weight is 313 g/mol. The highest BCUT2D eigenvalue weighted by atomic mass is 16.6. The van der Waals surface area contributed by atoms with Gasteiger partial charge in [-0.3, -0.25) is 5.32 Å². The van der Waals surface area contributed by atoms with Gasteiger partial charge in [0.1, 0.15) is 5.75 Å². The molecule has 0 fully saturated rings. The van der Waals surface area contributed by atoms with E-state index in [-0.39, 0.29) is 0 Å². The lowest BCUT2D eigenvalue weighted by Gasteiger charge is -2.11. The molecule has 0 aliphatic heterocycles. The largest absolute Gasteiger partial charge is 0.493 e. The van der Waals surface area contributed by atoms with Gasteiger partial charge in [0.25, 0.3) is 0 Å². The topological polar surface area (TPSA) is 56.8 Å². The second-order valence-corrected chi connectivity index (χ2v) is 5.37. The fourth-order valence-electron chi connectivity index (χ4n) is 2.78. The molecular weight excluding hydrogens is 294 g/mol. The summed E-state index contributed by atoms with van der Waals surface area (Å²) in [6, 6.07) is 10.9. The summed E-state index contributed by atoms with van der Waals surface area (Å²) >= 11 is 0. The standard InChI is InChI=1S/C18H19NO4/c1-21-16-9-7-14(11-17(16)22-2)19-18(20)23-15-8-6-12-4-3-5-13(12)10-15/h6-11H,3-5H2,1-2H3,(H,19,20). The first kappa shape index (κ1) is 15.2. The van der Waals surface area contributed by atoms with Crippen molar-refractivity contribution in [3.05, 3.63) is 47.5 Å². The second-order valence-electron chi connectivity index (χ2n) is 5.37. The van der Waals surface area contributed by atoms with Gasteiger partial charge in [-0.25, -0.2) is 4.79 Å². The maximum atomic E-state index is 12.0. The number of amides is 1. The fourth-order valence-corrected chi connectivity index (χ4v) is 2.78. The molecule has 5 nitrogen and oxygen atoms in total. The first-order valence-electron chi connectivity index (χ1n) is 7.52. The smallest absolute Gasteiger partial charge is 0.417 e. The Bertz CT molecular complexity index is 727. The number of anilines is 1. The zero-order valence-corrected chi connectivity index (χ0v) is 13.2. The van der Waals surface area contributed by atoms with E-state index in [0.29, 0.717) is 22.9 Å². The molecule has 0 saturated carbocycles. The minimum atomic E-state index is -0.532. The molecule has 23 heavy (non-hydrogen) atoms. The summed E-state index contributed by atoms with van der Waals surface area (Å²) in [4.78, 5) is 12.0. The predicted molar refractivity (Wildman–Crippen MR) is 87.7 cm³/mol. The lowest BCUT2D eigenvalue weighted by molar-refractivity contribution is 0.215. The van der Waals surface area contributed by atoms with Crippen LogP contribution in [0.4, 0.5) is 10.5 Å². The molecule has 3 rings (SSSR count). The summed E-state index contributed by atoms with van der Waals surface area (Å²) < 4.78 is 15.7. The van der Waals surface area contributed by atoms with Gasteiger partial charge in [-0.2, -0.15) is 0 Å². The quantitative estimate of drug-likeness (QED) is 0.932. The Morgan fingerprint density at radius 3 is 2.52 bits per heavy atom. The van der Waals surface area contributed by atoms with E-state index in [2.05, 4.69) is 5.32 Å². The van der Waals surface area contributed by atoms with Crippen molar-refractivity contribution in [3.8, 4) is 17.2 Å². The van der Waals surface area contributed by atoms with E-state index in [9.17, 15) is 4.79 Å². The van der Waals surface area contributed by atoms with Crippen LogP contribution in [-0.4, -0.2) is 20.3 Å². The number of nitrogens with one attached hydrogen (secondary N) is 1. The maximum absolute atomic E-state index is 12.0. The van der Waals surface area contributed by atoms with Crippen LogP contribution < -0.4 is 19.5 Å². The van der Waals surface area contributed by atoms with Gasteiger partial charge < -0.3 is 14.2 Å². The number of hydrogen-bond donors (Lipinski definition) is 1. The molecule has 5 heteroatoms. The van der Waals surface area contributed by atoms with Gasteiger partial charge >= 0.3 is 6.09 Å². The van der Waals surface area contributed by atoms with E-state index in [0.717, 1.165) is 19.3 Å². The van der Waals surface area contributed by atoms with Gasteiger partial charge in [0.05, 0.1) is 14.2 Å². The molecule has 0 atom stereocenters. The van der Waals surface area contributed by atoms with Crippen LogP contribution in [0.3, 0.4) is 0 Å². The lowest BCUT2D eigenvalue weighted by atomic mass is 10.1. The number of carbonyl (C=O) groups excluding carboxylic acids is 1. The molecule has 1 amide bonds. The second kappa shape index (κ2) is 6.60. The predicted octanol–water partition coefficient (Wildman–Crippen LogP) is 3.80. The maximum Gasteiger partial charge on any atom is 0.417 e. The summed E-state index contributed by atoms with van der Waals surface area (Å²) in [5, 5.41) is 2.69. The van der Waals surface area contributed by atoms with Gasteiger partial charge in [-0.1, -0.05) is 6.07 Å². The Hall–Kier alpha value is -2.69. The molecular formula is C18H19NO4. The first-order valence-corrected chi connectivity index (χ1v) is 7.52. The van der Waals surface area contributed by atoms with Gasteiger partial charge in [-0.15, -0.1) is 0 Å². The Labute approximate surface area is 135 Å². The van der Waals surface area contributed by atoms with Gasteiger partial charge in [-0.05, 0) is 54.7 Å². The zero-order chi connectivity index (χ0) is 16.2. The van der Waals surface area contributed by atoms with Crippen molar-refractivity contribution in [2.24, 2.45) is 0 Å². The van der Waals surface area contributed by atoms with Crippen LogP contribution in [0.2, 0.25) is 0 Å². The average Bonchev–Trinajstić information content (AvgIpc) is 3.02. The summed E-state index contributed by atoms with van der Waals surface area (Å²) in [6.07, 6.45) is 2.78. The van der Waals surface area contributed by atoms with Crippen LogP contribution in [0, 0.1) is 0 Å². The first-order chi connectivity index (χ1) is 11.2. The SMILES string of the molecule is COc1ccc(NC(=O)Oc2ccc3c(c2)CCC3)cc1OC. The van der Waals surface area contributed by atoms with Gasteiger partial charge in [0, 0.05) is 11.8 Å². The van der Waals surface area contributed by atoms with Crippen molar-refractivity contribution < 1.29 is 19.0 Å². The van der Waals surface area contributed by atoms with Crippen LogP contribution in [0.1, 0.15) is 17.5 Å². The third-order valence-electron chi connectivity index (χ3n) is 3.91. The van der Waals surface area contributed by atoms with E-state index < -0.39 is 6.09 Å². The number of methoxy groups -OCH3 is 2. The number of hydrogen-bond acceptors (Lipinski definition) is 4. The molecule has 1 aliphatic carbocycles. The van der Waals surface area contributed by atoms with Crippen molar-refractivity contribution in [3.63, 3.8) is 0 Å². The minimum absolute atomic E-state index is 0.532. The number of aryl methyl sites for hydroxylation is 2. The summed E-state index contributed by atoms with van der Waals surface area (Å²) in [5.74, 6) is 1.71. The van der Waals surface area contributed by atoms with E-state index in [1.165, 1.54) is 11.1 Å². The molecule has 0 bridgehead atoms. The molecule has 2 aromatic rings. The Morgan fingerprint density at radius 2 is 1.74 bits per heavy atom. The van der Waals surface area contributed by atoms with Crippen molar-refractivity contribution in [2.45, 2.75) is 19.3 Å². The number of ether oxygens (including phenoxy) is 3. The number of benzene rings is 2. The van der Waals surface area contributed by atoms with E-state index in [4.69, 9.17) is 14.2 Å². The number of carbonyl (C=O) groups is 1. The van der Waals surface area contributed by atoms with Gasteiger partial charge in [0.2, 0.25) is 0 Å². The summed E-state index contributed by atoms with van der Waals surface area (Å²) in [7, 11) is 3.11. The highest BCUT2D eigenvalue weighted by Gasteiger charge is 2.13. The highest BCUT2D eigenvalue weighted by Crippen LogP contribution is 2.30. The molecule has 1 aliphatic rings. The third kappa shape index (κ3) is 3.39. The van der Waals surface area contributed by atoms with E-state index >= 15 is 0 Å². The van der Waals surface area contributed by atoms with Crippen molar-refractivity contribution >= 4 is 11.8 Å². The van der Waals surface area contributed by atoms with Crippen LogP contribution in [0.25, 0.3) is 0 Å². The molecule has 0 radical (unpaired) electrons. The molecule has 0 spiro atoms. The zero-order valence-electron chi connectivity index (χ0n) is 13.2. The van der Waals surface area contributed by atoms with E-state index in [1.54, 1.807) is 32.4 Å². The van der Waals surface area contributed by atoms with Gasteiger partial charge in [0.15, 0.2) is 11.5 Å². The monoisotopic (exact) mass is 313 g/mol. The summed E-state index contributed by atoms with van der Waals surface area (Å²) in [6.45, 7) is 0. The minimum Gasteiger partial charge on any atom is -0.493 e. The number of fused-ring (bicyclic) bond motifs is 1. The van der Waals surface area contributed by atoms with Crippen molar-refractivity contribution in [2.75, 3.05) is 19.5 Å². The Kier molecular flexibility index (Phi) is 4.37. The summed E-state index contributed by atoms with van der Waals surface area (Å²) in [5.41, 5.74) is 3.19. The van der Waals surface area contributed by atoms with Crippen molar-refractivity contribution in [1.82, 2.24) is 0 Å². The molecule has 0 unspecified atom stereocenters. The lowest BCUT2D eigenvalue weighted by Crippen LogP contribution is -2.16. The molecule has 0 saturated heterocycles. The van der Waals surface area contributed by atoms with Crippen LogP contribution >= 0.6 is 0 Å². The molecule has 1 N–H and O–H groups in total. The van der Waals surface area contributed by atoms with Crippen molar-refractivity contribution in [1.29, 1.82) is 0 Å². The Morgan fingerprint density at radius 1 is 0.957 bits per heavy atom.